The third kappa shape index (κ3) is 4.23. The lowest BCUT2D eigenvalue weighted by molar-refractivity contribution is -0.134. The number of para-hydroxylation sites is 1. The van der Waals surface area contributed by atoms with E-state index in [-0.39, 0.29) is 18.7 Å². The highest BCUT2D eigenvalue weighted by Gasteiger charge is 2.25. The molecule has 0 amide bonds. The van der Waals surface area contributed by atoms with Crippen LogP contribution in [-0.4, -0.2) is 12.7 Å². The van der Waals surface area contributed by atoms with Gasteiger partial charge in [0, 0.05) is 13.0 Å². The van der Waals surface area contributed by atoms with E-state index in [1.807, 2.05) is 6.07 Å². The molecule has 0 bridgehead atoms. The largest absolute Gasteiger partial charge is 0.396 e. The van der Waals surface area contributed by atoms with Gasteiger partial charge in [-0.1, -0.05) is 6.07 Å². The molecule has 3 nitrogen and oxygen atoms in total. The van der Waals surface area contributed by atoms with Crippen LogP contribution < -0.4 is 11.1 Å². The first-order valence-electron chi connectivity index (χ1n) is 5.03. The maximum atomic E-state index is 11.9. The van der Waals surface area contributed by atoms with Gasteiger partial charge in [-0.3, -0.25) is 0 Å². The highest BCUT2D eigenvalue weighted by molar-refractivity contribution is 5.72. The Hall–Kier alpha value is -1.90. The summed E-state index contributed by atoms with van der Waals surface area (Å²) in [6.45, 7) is 0.165. The number of rotatable bonds is 4. The number of halogens is 3. The van der Waals surface area contributed by atoms with E-state index in [4.69, 9.17) is 11.0 Å². The molecule has 0 saturated carbocycles. The second-order valence-electron chi connectivity index (χ2n) is 3.52. The molecule has 0 saturated heterocycles. The zero-order valence-electron chi connectivity index (χ0n) is 9.01. The molecule has 1 aromatic rings. The van der Waals surface area contributed by atoms with Gasteiger partial charge in [-0.15, -0.1) is 0 Å². The molecule has 0 aliphatic rings. The van der Waals surface area contributed by atoms with Crippen LogP contribution in [0.3, 0.4) is 0 Å². The smallest absolute Gasteiger partial charge is 0.389 e. The summed E-state index contributed by atoms with van der Waals surface area (Å²) in [4.78, 5) is 0. The maximum Gasteiger partial charge on any atom is 0.389 e. The Labute approximate surface area is 97.0 Å². The third-order valence-corrected chi connectivity index (χ3v) is 2.18. The quantitative estimate of drug-likeness (QED) is 0.631. The van der Waals surface area contributed by atoms with Gasteiger partial charge in [0.2, 0.25) is 0 Å². The molecule has 0 fully saturated rings. The Morgan fingerprint density at radius 1 is 1.35 bits per heavy atom. The average molecular weight is 243 g/mol. The van der Waals surface area contributed by atoms with Crippen molar-refractivity contribution in [3.05, 3.63) is 23.8 Å². The van der Waals surface area contributed by atoms with E-state index in [1.54, 1.807) is 18.2 Å². The molecule has 0 heterocycles. The summed E-state index contributed by atoms with van der Waals surface area (Å²) in [5, 5.41) is 11.5. The monoisotopic (exact) mass is 243 g/mol. The van der Waals surface area contributed by atoms with Crippen molar-refractivity contribution in [3.8, 4) is 6.07 Å². The molecular formula is C11H12F3N3. The van der Waals surface area contributed by atoms with Crippen LogP contribution in [0.5, 0.6) is 0 Å². The van der Waals surface area contributed by atoms with Gasteiger partial charge in [-0.2, -0.15) is 18.4 Å². The molecule has 0 atom stereocenters. The number of benzene rings is 1. The lowest BCUT2D eigenvalue weighted by atomic mass is 10.1. The zero-order valence-corrected chi connectivity index (χ0v) is 9.01. The van der Waals surface area contributed by atoms with E-state index < -0.39 is 12.6 Å². The summed E-state index contributed by atoms with van der Waals surface area (Å²) >= 11 is 0. The van der Waals surface area contributed by atoms with Crippen LogP contribution in [0.25, 0.3) is 0 Å². The molecule has 92 valence electrons. The first-order chi connectivity index (χ1) is 7.94. The number of nitrogens with one attached hydrogen (secondary N) is 1. The van der Waals surface area contributed by atoms with Crippen molar-refractivity contribution in [2.45, 2.75) is 19.0 Å². The van der Waals surface area contributed by atoms with Crippen LogP contribution in [0.2, 0.25) is 0 Å². The Morgan fingerprint density at radius 2 is 2.06 bits per heavy atom. The highest BCUT2D eigenvalue weighted by Crippen LogP contribution is 2.24. The van der Waals surface area contributed by atoms with E-state index in [9.17, 15) is 13.2 Å². The summed E-state index contributed by atoms with van der Waals surface area (Å²) < 4.78 is 35.7. The molecule has 0 spiro atoms. The average Bonchev–Trinajstić information content (AvgIpc) is 2.25. The normalized spacial score (nSPS) is 10.9. The van der Waals surface area contributed by atoms with Crippen LogP contribution in [0.1, 0.15) is 18.4 Å². The molecular weight excluding hydrogens is 231 g/mol. The van der Waals surface area contributed by atoms with Crippen molar-refractivity contribution in [2.24, 2.45) is 0 Å². The van der Waals surface area contributed by atoms with Crippen molar-refractivity contribution >= 4 is 11.4 Å². The summed E-state index contributed by atoms with van der Waals surface area (Å²) in [5.41, 5.74) is 6.72. The minimum Gasteiger partial charge on any atom is -0.396 e. The summed E-state index contributed by atoms with van der Waals surface area (Å²) in [6.07, 6.45) is -5.00. The van der Waals surface area contributed by atoms with Gasteiger partial charge in [0.25, 0.3) is 0 Å². The predicted molar refractivity (Wildman–Crippen MR) is 59.3 cm³/mol. The molecule has 1 rings (SSSR count). The van der Waals surface area contributed by atoms with Crippen LogP contribution in [-0.2, 0) is 0 Å². The van der Waals surface area contributed by atoms with Gasteiger partial charge in [0.05, 0.1) is 16.9 Å². The molecule has 0 unspecified atom stereocenters. The summed E-state index contributed by atoms with van der Waals surface area (Å²) in [6, 6.07) is 6.71. The molecule has 3 N–H and O–H groups in total. The molecule has 0 aliphatic carbocycles. The Kier molecular flexibility index (Phi) is 4.21. The van der Waals surface area contributed by atoms with Crippen molar-refractivity contribution < 1.29 is 13.2 Å². The summed E-state index contributed by atoms with van der Waals surface area (Å²) in [7, 11) is 0. The molecule has 17 heavy (non-hydrogen) atoms. The second kappa shape index (κ2) is 5.43. The summed E-state index contributed by atoms with van der Waals surface area (Å²) in [5.74, 6) is 0. The fourth-order valence-electron chi connectivity index (χ4n) is 1.33. The Bertz CT molecular complexity index is 421. The number of hydrogen-bond donors (Lipinski definition) is 2. The number of nitrogen functional groups attached to an aromatic ring is 1. The van der Waals surface area contributed by atoms with Gasteiger partial charge >= 0.3 is 6.18 Å². The number of anilines is 2. The van der Waals surface area contributed by atoms with Crippen molar-refractivity contribution in [1.29, 1.82) is 5.26 Å². The van der Waals surface area contributed by atoms with E-state index in [0.29, 0.717) is 11.3 Å². The van der Waals surface area contributed by atoms with Gasteiger partial charge in [0.15, 0.2) is 0 Å². The number of nitrogens with two attached hydrogens (primary N) is 1. The predicted octanol–water partition coefficient (Wildman–Crippen LogP) is 2.89. The van der Waals surface area contributed by atoms with Crippen molar-refractivity contribution in [3.63, 3.8) is 0 Å². The van der Waals surface area contributed by atoms with Gasteiger partial charge in [-0.25, -0.2) is 0 Å². The SMILES string of the molecule is N#Cc1cccc(NCCCC(F)(F)F)c1N. The van der Waals surface area contributed by atoms with E-state index >= 15 is 0 Å². The molecule has 1 aromatic carbocycles. The maximum absolute atomic E-state index is 11.9. The standard InChI is InChI=1S/C11H12F3N3/c12-11(13,14)5-2-6-17-9-4-1-3-8(7-15)10(9)16/h1,3-4,17H,2,5-6,16H2. The topological polar surface area (TPSA) is 61.8 Å². The van der Waals surface area contributed by atoms with Crippen molar-refractivity contribution in [2.75, 3.05) is 17.6 Å². The number of nitriles is 1. The first-order valence-corrected chi connectivity index (χ1v) is 5.03. The second-order valence-corrected chi connectivity index (χ2v) is 3.52. The van der Waals surface area contributed by atoms with Crippen LogP contribution in [0.15, 0.2) is 18.2 Å². The highest BCUT2D eigenvalue weighted by atomic mass is 19.4. The Morgan fingerprint density at radius 3 is 2.65 bits per heavy atom. The fourth-order valence-corrected chi connectivity index (χ4v) is 1.33. The lowest BCUT2D eigenvalue weighted by Crippen LogP contribution is -2.11. The first kappa shape index (κ1) is 13.2. The number of nitrogens with zero attached hydrogens (tertiary/aromatic N) is 1. The van der Waals surface area contributed by atoms with E-state index in [0.717, 1.165) is 0 Å². The number of alkyl halides is 3. The van der Waals surface area contributed by atoms with Gasteiger partial charge in [-0.05, 0) is 18.6 Å². The van der Waals surface area contributed by atoms with E-state index in [2.05, 4.69) is 5.32 Å². The molecule has 0 radical (unpaired) electrons. The van der Waals surface area contributed by atoms with E-state index in [1.165, 1.54) is 0 Å². The minimum absolute atomic E-state index is 0.0281. The number of hydrogen-bond acceptors (Lipinski definition) is 3. The van der Waals surface area contributed by atoms with Crippen LogP contribution >= 0.6 is 0 Å². The fraction of sp³-hybridized carbons (Fsp3) is 0.364. The Balaban J connectivity index is 2.51. The van der Waals surface area contributed by atoms with Gasteiger partial charge < -0.3 is 11.1 Å². The molecule has 0 aliphatic heterocycles. The third-order valence-electron chi connectivity index (χ3n) is 2.18. The van der Waals surface area contributed by atoms with Crippen LogP contribution in [0.4, 0.5) is 24.5 Å². The molecule has 6 heteroatoms. The van der Waals surface area contributed by atoms with Gasteiger partial charge in [0.1, 0.15) is 6.07 Å². The van der Waals surface area contributed by atoms with Crippen LogP contribution in [0, 0.1) is 11.3 Å². The zero-order chi connectivity index (χ0) is 12.9. The minimum atomic E-state index is -4.14. The molecule has 0 aromatic heterocycles. The lowest BCUT2D eigenvalue weighted by Gasteiger charge is -2.11. The van der Waals surface area contributed by atoms with Crippen molar-refractivity contribution in [1.82, 2.24) is 0 Å².